The summed E-state index contributed by atoms with van der Waals surface area (Å²) < 4.78 is 7.27. The number of hydrogen-bond acceptors (Lipinski definition) is 5. The fourth-order valence-electron chi connectivity index (χ4n) is 3.00. The summed E-state index contributed by atoms with van der Waals surface area (Å²) >= 11 is 5.86. The van der Waals surface area contributed by atoms with Crippen LogP contribution in [-0.2, 0) is 11.3 Å². The number of ether oxygens (including phenoxy) is 1. The molecular weight excluding hydrogens is 344 g/mol. The first-order valence-corrected chi connectivity index (χ1v) is 8.71. The van der Waals surface area contributed by atoms with E-state index in [1.165, 1.54) is 0 Å². The van der Waals surface area contributed by atoms with Crippen LogP contribution in [0.4, 0.5) is 4.79 Å². The Morgan fingerprint density at radius 2 is 2.04 bits per heavy atom. The maximum Gasteiger partial charge on any atom is 0.410 e. The van der Waals surface area contributed by atoms with Crippen molar-refractivity contribution in [2.75, 3.05) is 13.1 Å². The Hall–Kier alpha value is -1.86. The number of piperidine rings is 1. The van der Waals surface area contributed by atoms with Gasteiger partial charge < -0.3 is 19.3 Å². The van der Waals surface area contributed by atoms with Gasteiger partial charge in [-0.15, -0.1) is 10.2 Å². The molecule has 7 nitrogen and oxygen atoms in total. The summed E-state index contributed by atoms with van der Waals surface area (Å²) in [5.74, 6) is 0. The molecule has 1 N–H and O–H groups in total. The van der Waals surface area contributed by atoms with Crippen molar-refractivity contribution in [3.05, 3.63) is 23.5 Å². The molecule has 0 spiro atoms. The minimum absolute atomic E-state index is 0.332. The van der Waals surface area contributed by atoms with Gasteiger partial charge in [0.05, 0.1) is 12.1 Å². The number of aromatic nitrogens is 3. The Balaban J connectivity index is 1.65. The molecule has 1 fully saturated rings. The van der Waals surface area contributed by atoms with Gasteiger partial charge in [0.1, 0.15) is 5.60 Å². The Morgan fingerprint density at radius 3 is 2.68 bits per heavy atom. The van der Waals surface area contributed by atoms with E-state index in [4.69, 9.17) is 16.3 Å². The SMILES string of the molecule is CC(C)(C)OC(=O)N1CCC(O)(Cn2ccc3cc(Cl)nnc32)CC1. The molecule has 3 rings (SSSR count). The van der Waals surface area contributed by atoms with Crippen LogP contribution in [0.5, 0.6) is 0 Å². The number of halogens is 1. The topological polar surface area (TPSA) is 80.5 Å². The molecule has 2 aromatic rings. The van der Waals surface area contributed by atoms with Crippen molar-refractivity contribution in [3.8, 4) is 0 Å². The lowest BCUT2D eigenvalue weighted by Crippen LogP contribution is -2.49. The summed E-state index contributed by atoms with van der Waals surface area (Å²) in [5, 5.41) is 20.1. The van der Waals surface area contributed by atoms with Gasteiger partial charge in [-0.25, -0.2) is 4.79 Å². The van der Waals surface area contributed by atoms with Gasteiger partial charge in [0.25, 0.3) is 0 Å². The lowest BCUT2D eigenvalue weighted by Gasteiger charge is -2.38. The maximum atomic E-state index is 12.1. The molecule has 1 amide bonds. The first-order valence-electron chi connectivity index (χ1n) is 8.34. The molecule has 0 bridgehead atoms. The number of amides is 1. The molecule has 0 radical (unpaired) electrons. The van der Waals surface area contributed by atoms with E-state index in [1.807, 2.05) is 37.6 Å². The van der Waals surface area contributed by atoms with E-state index in [1.54, 1.807) is 11.0 Å². The maximum absolute atomic E-state index is 12.1. The quantitative estimate of drug-likeness (QED) is 0.883. The van der Waals surface area contributed by atoms with Crippen molar-refractivity contribution in [1.82, 2.24) is 19.7 Å². The molecular formula is C17H23ClN4O3. The van der Waals surface area contributed by atoms with E-state index in [-0.39, 0.29) is 6.09 Å². The average molecular weight is 367 g/mol. The summed E-state index contributed by atoms with van der Waals surface area (Å²) in [6.07, 6.45) is 2.50. The molecule has 2 aromatic heterocycles. The number of hydrogen-bond donors (Lipinski definition) is 1. The van der Waals surface area contributed by atoms with Crippen LogP contribution in [0.2, 0.25) is 5.15 Å². The lowest BCUT2D eigenvalue weighted by molar-refractivity contribution is -0.0408. The summed E-state index contributed by atoms with van der Waals surface area (Å²) in [6.45, 7) is 6.85. The normalized spacial score (nSPS) is 17.7. The number of fused-ring (bicyclic) bond motifs is 1. The van der Waals surface area contributed by atoms with Crippen molar-refractivity contribution in [2.24, 2.45) is 0 Å². The predicted octanol–water partition coefficient (Wildman–Crippen LogP) is 2.85. The third-order valence-corrected chi connectivity index (χ3v) is 4.47. The Kier molecular flexibility index (Phi) is 4.64. The highest BCUT2D eigenvalue weighted by Crippen LogP contribution is 2.27. The minimum atomic E-state index is -0.897. The van der Waals surface area contributed by atoms with E-state index in [9.17, 15) is 9.90 Å². The molecule has 25 heavy (non-hydrogen) atoms. The number of rotatable bonds is 2. The number of carbonyl (C=O) groups excluding carboxylic acids is 1. The smallest absolute Gasteiger partial charge is 0.410 e. The van der Waals surface area contributed by atoms with Crippen LogP contribution in [0.25, 0.3) is 11.0 Å². The van der Waals surface area contributed by atoms with Crippen LogP contribution in [0, 0.1) is 0 Å². The standard InChI is InChI=1S/C17H23ClN4O3/c1-16(2,3)25-15(23)21-8-5-17(24,6-9-21)11-22-7-4-12-10-13(18)19-20-14(12)22/h4,7,10,24H,5-6,8-9,11H2,1-3H3. The van der Waals surface area contributed by atoms with Gasteiger partial charge in [-0.05, 0) is 45.7 Å². The highest BCUT2D eigenvalue weighted by molar-refractivity contribution is 6.29. The molecule has 1 aliphatic rings. The molecule has 0 unspecified atom stereocenters. The molecule has 136 valence electrons. The predicted molar refractivity (Wildman–Crippen MR) is 94.5 cm³/mol. The number of likely N-dealkylation sites (tertiary alicyclic amines) is 1. The van der Waals surface area contributed by atoms with E-state index < -0.39 is 11.2 Å². The van der Waals surface area contributed by atoms with Gasteiger partial charge in [0, 0.05) is 24.7 Å². The van der Waals surface area contributed by atoms with Crippen LogP contribution in [-0.4, -0.2) is 55.2 Å². The Morgan fingerprint density at radius 1 is 1.36 bits per heavy atom. The molecule has 0 aliphatic carbocycles. The molecule has 8 heteroatoms. The Bertz CT molecular complexity index is 776. The zero-order valence-electron chi connectivity index (χ0n) is 14.7. The van der Waals surface area contributed by atoms with Crippen molar-refractivity contribution in [2.45, 2.75) is 51.4 Å². The molecule has 0 saturated carbocycles. The van der Waals surface area contributed by atoms with Crippen LogP contribution >= 0.6 is 11.6 Å². The van der Waals surface area contributed by atoms with Gasteiger partial charge in [0.15, 0.2) is 10.8 Å². The molecule has 3 heterocycles. The zero-order valence-corrected chi connectivity index (χ0v) is 15.5. The van der Waals surface area contributed by atoms with Gasteiger partial charge in [-0.1, -0.05) is 11.6 Å². The van der Waals surface area contributed by atoms with Gasteiger partial charge in [-0.2, -0.15) is 0 Å². The van der Waals surface area contributed by atoms with Gasteiger partial charge in [0.2, 0.25) is 0 Å². The highest BCUT2D eigenvalue weighted by Gasteiger charge is 2.36. The lowest BCUT2D eigenvalue weighted by atomic mass is 9.91. The fourth-order valence-corrected chi connectivity index (χ4v) is 3.15. The minimum Gasteiger partial charge on any atom is -0.444 e. The second-order valence-electron chi connectivity index (χ2n) is 7.58. The molecule has 0 aromatic carbocycles. The van der Waals surface area contributed by atoms with Crippen molar-refractivity contribution in [1.29, 1.82) is 0 Å². The third kappa shape index (κ3) is 4.22. The molecule has 0 atom stereocenters. The van der Waals surface area contributed by atoms with Crippen molar-refractivity contribution < 1.29 is 14.6 Å². The van der Waals surface area contributed by atoms with E-state index in [0.29, 0.717) is 43.3 Å². The highest BCUT2D eigenvalue weighted by atomic mass is 35.5. The van der Waals surface area contributed by atoms with E-state index in [0.717, 1.165) is 5.39 Å². The van der Waals surface area contributed by atoms with Crippen LogP contribution in [0.1, 0.15) is 33.6 Å². The number of carbonyl (C=O) groups is 1. The largest absolute Gasteiger partial charge is 0.444 e. The van der Waals surface area contributed by atoms with E-state index >= 15 is 0 Å². The van der Waals surface area contributed by atoms with Crippen molar-refractivity contribution >= 4 is 28.7 Å². The van der Waals surface area contributed by atoms with E-state index in [2.05, 4.69) is 10.2 Å². The first-order chi connectivity index (χ1) is 11.7. The Labute approximate surface area is 151 Å². The van der Waals surface area contributed by atoms with Gasteiger partial charge in [-0.3, -0.25) is 0 Å². The third-order valence-electron chi connectivity index (χ3n) is 4.29. The second kappa shape index (κ2) is 6.46. The summed E-state index contributed by atoms with van der Waals surface area (Å²) in [4.78, 5) is 13.8. The summed E-state index contributed by atoms with van der Waals surface area (Å²) in [5.41, 5.74) is -0.729. The van der Waals surface area contributed by atoms with Crippen LogP contribution in [0.3, 0.4) is 0 Å². The fraction of sp³-hybridized carbons (Fsp3) is 0.588. The first kappa shape index (κ1) is 17.9. The molecule has 1 aliphatic heterocycles. The molecule has 1 saturated heterocycles. The van der Waals surface area contributed by atoms with Crippen molar-refractivity contribution in [3.63, 3.8) is 0 Å². The number of aliphatic hydroxyl groups is 1. The zero-order chi connectivity index (χ0) is 18.2. The summed E-state index contributed by atoms with van der Waals surface area (Å²) in [7, 11) is 0. The average Bonchev–Trinajstić information content (AvgIpc) is 2.87. The van der Waals surface area contributed by atoms with Crippen LogP contribution in [0.15, 0.2) is 18.3 Å². The summed E-state index contributed by atoms with van der Waals surface area (Å²) in [6, 6.07) is 3.64. The van der Waals surface area contributed by atoms with Gasteiger partial charge >= 0.3 is 6.09 Å². The second-order valence-corrected chi connectivity index (χ2v) is 7.97. The number of nitrogens with zero attached hydrogens (tertiary/aromatic N) is 4. The monoisotopic (exact) mass is 366 g/mol. The van der Waals surface area contributed by atoms with Crippen LogP contribution < -0.4 is 0 Å².